The molecular formula is C24H22N2O3. The summed E-state index contributed by atoms with van der Waals surface area (Å²) in [4.78, 5) is 17.1. The fraction of sp³-hybridized carbons (Fsp3) is 0.167. The van der Waals surface area contributed by atoms with E-state index < -0.39 is 0 Å². The fourth-order valence-corrected chi connectivity index (χ4v) is 3.42. The van der Waals surface area contributed by atoms with Gasteiger partial charge in [0.2, 0.25) is 5.91 Å². The van der Waals surface area contributed by atoms with Gasteiger partial charge in [-0.15, -0.1) is 0 Å². The highest BCUT2D eigenvalue weighted by Gasteiger charge is 2.13. The van der Waals surface area contributed by atoms with Crippen LogP contribution in [0.1, 0.15) is 25.0 Å². The van der Waals surface area contributed by atoms with Crippen molar-refractivity contribution in [1.29, 1.82) is 0 Å². The molecule has 0 saturated carbocycles. The molecule has 4 aromatic rings. The number of nitrogens with one attached hydrogen (secondary N) is 1. The molecule has 0 aliphatic carbocycles. The molecule has 1 amide bonds. The lowest BCUT2D eigenvalue weighted by molar-refractivity contribution is -0.111. The minimum atomic E-state index is -0.203. The smallest absolute Gasteiger partial charge is 0.248 e. The van der Waals surface area contributed by atoms with Crippen molar-refractivity contribution >= 4 is 39.0 Å². The number of allylic oxidation sites excluding steroid dienone is 1. The molecule has 29 heavy (non-hydrogen) atoms. The molecule has 2 aromatic carbocycles. The van der Waals surface area contributed by atoms with E-state index >= 15 is 0 Å². The van der Waals surface area contributed by atoms with Crippen molar-refractivity contribution in [2.24, 2.45) is 0 Å². The molecule has 0 bridgehead atoms. The Morgan fingerprint density at radius 3 is 2.90 bits per heavy atom. The van der Waals surface area contributed by atoms with E-state index in [1.165, 1.54) is 0 Å². The van der Waals surface area contributed by atoms with Crippen molar-refractivity contribution in [3.05, 3.63) is 72.1 Å². The Kier molecular flexibility index (Phi) is 5.04. The van der Waals surface area contributed by atoms with Gasteiger partial charge in [-0.05, 0) is 62.2 Å². The van der Waals surface area contributed by atoms with Gasteiger partial charge in [0.05, 0.1) is 24.1 Å². The molecule has 2 aromatic heterocycles. The van der Waals surface area contributed by atoms with Gasteiger partial charge in [-0.1, -0.05) is 6.07 Å². The summed E-state index contributed by atoms with van der Waals surface area (Å²) in [5.41, 5.74) is 5.08. The molecule has 0 aliphatic heterocycles. The molecule has 146 valence electrons. The van der Waals surface area contributed by atoms with Crippen LogP contribution in [0.5, 0.6) is 5.75 Å². The van der Waals surface area contributed by atoms with Crippen molar-refractivity contribution < 1.29 is 13.9 Å². The lowest BCUT2D eigenvalue weighted by Gasteiger charge is -2.12. The Balaban J connectivity index is 1.68. The van der Waals surface area contributed by atoms with Gasteiger partial charge in [-0.2, -0.15) is 0 Å². The first kappa shape index (κ1) is 18.7. The van der Waals surface area contributed by atoms with Crippen LogP contribution in [-0.4, -0.2) is 17.5 Å². The standard InChI is InChI=1S/C24H22N2O3/c1-4-28-22-13-23-19(16(3)14-29-23)12-18(22)15(2)11-24(27)26-21-9-5-8-20-17(21)7-6-10-25-20/h5-14H,4H2,1-3H3,(H,26,27)/b15-11+. The minimum absolute atomic E-state index is 0.203. The van der Waals surface area contributed by atoms with Crippen molar-refractivity contribution in [3.63, 3.8) is 0 Å². The van der Waals surface area contributed by atoms with E-state index in [0.717, 1.165) is 44.3 Å². The Bertz CT molecular complexity index is 1230. The molecule has 0 spiro atoms. The molecule has 0 fully saturated rings. The zero-order valence-corrected chi connectivity index (χ0v) is 16.7. The van der Waals surface area contributed by atoms with Crippen LogP contribution < -0.4 is 10.1 Å². The average molecular weight is 386 g/mol. The average Bonchev–Trinajstić information content (AvgIpc) is 3.08. The molecule has 4 rings (SSSR count). The Morgan fingerprint density at radius 2 is 2.07 bits per heavy atom. The van der Waals surface area contributed by atoms with Gasteiger partial charge < -0.3 is 14.5 Å². The predicted octanol–water partition coefficient (Wildman–Crippen LogP) is 5.73. The second-order valence-corrected chi connectivity index (χ2v) is 6.89. The molecule has 0 aliphatic rings. The molecule has 0 radical (unpaired) electrons. The number of ether oxygens (including phenoxy) is 1. The van der Waals surface area contributed by atoms with Gasteiger partial charge in [0, 0.05) is 34.7 Å². The summed E-state index contributed by atoms with van der Waals surface area (Å²) in [5, 5.41) is 4.88. The summed E-state index contributed by atoms with van der Waals surface area (Å²) >= 11 is 0. The third kappa shape index (κ3) is 3.72. The number of aromatic nitrogens is 1. The lowest BCUT2D eigenvalue weighted by atomic mass is 10.0. The Hall–Kier alpha value is -3.60. The molecule has 0 atom stereocenters. The molecule has 0 unspecified atom stereocenters. The number of carbonyl (C=O) groups is 1. The zero-order chi connectivity index (χ0) is 20.4. The van der Waals surface area contributed by atoms with Gasteiger partial charge in [0.15, 0.2) is 0 Å². The summed E-state index contributed by atoms with van der Waals surface area (Å²) in [6.45, 7) is 6.36. The number of amides is 1. The van der Waals surface area contributed by atoms with E-state index in [-0.39, 0.29) is 5.91 Å². The number of rotatable bonds is 5. The molecule has 2 heterocycles. The minimum Gasteiger partial charge on any atom is -0.493 e. The number of furan rings is 1. The summed E-state index contributed by atoms with van der Waals surface area (Å²) in [6, 6.07) is 13.4. The van der Waals surface area contributed by atoms with Crippen LogP contribution >= 0.6 is 0 Å². The maximum absolute atomic E-state index is 12.7. The Labute approximate surface area is 169 Å². The number of hydrogen-bond donors (Lipinski definition) is 1. The van der Waals surface area contributed by atoms with Crippen LogP contribution in [0.25, 0.3) is 27.4 Å². The first-order chi connectivity index (χ1) is 14.1. The topological polar surface area (TPSA) is 64.4 Å². The molecule has 0 saturated heterocycles. The third-order valence-corrected chi connectivity index (χ3v) is 4.85. The second-order valence-electron chi connectivity index (χ2n) is 6.89. The maximum Gasteiger partial charge on any atom is 0.248 e. The van der Waals surface area contributed by atoms with Crippen LogP contribution in [-0.2, 0) is 4.79 Å². The summed E-state index contributed by atoms with van der Waals surface area (Å²) in [6.07, 6.45) is 5.06. The summed E-state index contributed by atoms with van der Waals surface area (Å²) < 4.78 is 11.4. The SMILES string of the molecule is CCOc1cc2occ(C)c2cc1/C(C)=C/C(=O)Nc1cccc2ncccc12. The number of hydrogen-bond acceptors (Lipinski definition) is 4. The normalized spacial score (nSPS) is 11.8. The van der Waals surface area contributed by atoms with Crippen LogP contribution in [0.4, 0.5) is 5.69 Å². The van der Waals surface area contributed by atoms with Gasteiger partial charge >= 0.3 is 0 Å². The summed E-state index contributed by atoms with van der Waals surface area (Å²) in [7, 11) is 0. The highest BCUT2D eigenvalue weighted by Crippen LogP contribution is 2.33. The van der Waals surface area contributed by atoms with Gasteiger partial charge in [-0.25, -0.2) is 0 Å². The number of aryl methyl sites for hydroxylation is 1. The Morgan fingerprint density at radius 1 is 1.21 bits per heavy atom. The number of fused-ring (bicyclic) bond motifs is 2. The first-order valence-electron chi connectivity index (χ1n) is 9.55. The first-order valence-corrected chi connectivity index (χ1v) is 9.55. The monoisotopic (exact) mass is 386 g/mol. The van der Waals surface area contributed by atoms with E-state index in [1.54, 1.807) is 18.5 Å². The van der Waals surface area contributed by atoms with E-state index in [1.807, 2.05) is 63.2 Å². The van der Waals surface area contributed by atoms with Crippen LogP contribution in [0.2, 0.25) is 0 Å². The summed E-state index contributed by atoms with van der Waals surface area (Å²) in [5.74, 6) is 0.496. The van der Waals surface area contributed by atoms with E-state index in [4.69, 9.17) is 9.15 Å². The molecule has 5 nitrogen and oxygen atoms in total. The second kappa shape index (κ2) is 7.80. The van der Waals surface area contributed by atoms with Gasteiger partial charge in [-0.3, -0.25) is 9.78 Å². The zero-order valence-electron chi connectivity index (χ0n) is 16.7. The van der Waals surface area contributed by atoms with E-state index in [0.29, 0.717) is 12.4 Å². The van der Waals surface area contributed by atoms with Crippen molar-refractivity contribution in [2.45, 2.75) is 20.8 Å². The van der Waals surface area contributed by atoms with Crippen LogP contribution in [0.15, 0.2) is 65.4 Å². The number of carbonyl (C=O) groups excluding carboxylic acids is 1. The van der Waals surface area contributed by atoms with Crippen LogP contribution in [0.3, 0.4) is 0 Å². The maximum atomic E-state index is 12.7. The van der Waals surface area contributed by atoms with Gasteiger partial charge in [0.1, 0.15) is 11.3 Å². The largest absolute Gasteiger partial charge is 0.493 e. The van der Waals surface area contributed by atoms with Gasteiger partial charge in [0.25, 0.3) is 0 Å². The van der Waals surface area contributed by atoms with Crippen molar-refractivity contribution in [3.8, 4) is 5.75 Å². The van der Waals surface area contributed by atoms with Crippen molar-refractivity contribution in [2.75, 3.05) is 11.9 Å². The molecular weight excluding hydrogens is 364 g/mol. The quantitative estimate of drug-likeness (QED) is 0.445. The number of pyridine rings is 1. The highest BCUT2D eigenvalue weighted by atomic mass is 16.5. The fourth-order valence-electron chi connectivity index (χ4n) is 3.42. The predicted molar refractivity (Wildman–Crippen MR) is 116 cm³/mol. The number of nitrogens with zero attached hydrogens (tertiary/aromatic N) is 1. The van der Waals surface area contributed by atoms with Crippen LogP contribution in [0, 0.1) is 6.92 Å². The third-order valence-electron chi connectivity index (χ3n) is 4.85. The molecule has 1 N–H and O–H groups in total. The number of anilines is 1. The number of benzene rings is 2. The highest BCUT2D eigenvalue weighted by molar-refractivity contribution is 6.08. The van der Waals surface area contributed by atoms with E-state index in [9.17, 15) is 4.79 Å². The van der Waals surface area contributed by atoms with Crippen molar-refractivity contribution in [1.82, 2.24) is 4.98 Å². The lowest BCUT2D eigenvalue weighted by Crippen LogP contribution is -2.09. The van der Waals surface area contributed by atoms with E-state index in [2.05, 4.69) is 10.3 Å². The molecule has 5 heteroatoms.